The highest BCUT2D eigenvalue weighted by atomic mass is 32.2. The maximum atomic E-state index is 12.9. The predicted molar refractivity (Wildman–Crippen MR) is 124 cm³/mol. The van der Waals surface area contributed by atoms with Crippen LogP contribution in [-0.4, -0.2) is 16.1 Å². The molecule has 1 N–H and O–H groups in total. The summed E-state index contributed by atoms with van der Waals surface area (Å²) >= 11 is 1.34. The number of carbonyl (C=O) groups is 1. The van der Waals surface area contributed by atoms with Gasteiger partial charge in [0.15, 0.2) is 0 Å². The van der Waals surface area contributed by atoms with Crippen LogP contribution in [0.5, 0.6) is 11.5 Å². The van der Waals surface area contributed by atoms with Crippen molar-refractivity contribution in [2.24, 2.45) is 0 Å². The Morgan fingerprint density at radius 3 is 2.42 bits per heavy atom. The normalized spacial score (nSPS) is 11.4. The number of nitrogens with zero attached hydrogens (tertiary/aromatic N) is 2. The van der Waals surface area contributed by atoms with Gasteiger partial charge in [-0.1, -0.05) is 50.2 Å². The van der Waals surface area contributed by atoms with E-state index in [1.807, 2.05) is 67.6 Å². The fraction of sp³-hybridized carbons (Fsp3) is 0.240. The molecule has 6 heteroatoms. The largest absolute Gasteiger partial charge is 0.457 e. The van der Waals surface area contributed by atoms with E-state index in [0.29, 0.717) is 28.4 Å². The lowest BCUT2D eigenvalue weighted by molar-refractivity contribution is -0.115. The first-order chi connectivity index (χ1) is 15.1. The van der Waals surface area contributed by atoms with Gasteiger partial charge >= 0.3 is 0 Å². The van der Waals surface area contributed by atoms with Crippen LogP contribution < -0.4 is 10.1 Å². The van der Waals surface area contributed by atoms with Gasteiger partial charge in [0, 0.05) is 11.4 Å². The molecule has 0 bridgehead atoms. The molecule has 1 amide bonds. The van der Waals surface area contributed by atoms with Crippen LogP contribution in [0, 0.1) is 11.3 Å². The molecule has 1 unspecified atom stereocenters. The number of hydrogen-bond donors (Lipinski definition) is 1. The Balaban J connectivity index is 1.66. The molecule has 0 saturated carbocycles. The summed E-state index contributed by atoms with van der Waals surface area (Å²) in [6.07, 6.45) is 2.45. The minimum atomic E-state index is -0.350. The maximum Gasteiger partial charge on any atom is 0.237 e. The van der Waals surface area contributed by atoms with Gasteiger partial charge in [-0.25, -0.2) is 4.98 Å². The molecule has 5 nitrogen and oxygen atoms in total. The van der Waals surface area contributed by atoms with Crippen LogP contribution in [0.4, 0.5) is 5.69 Å². The molecule has 0 radical (unpaired) electrons. The molecular formula is C25H25N3O2S. The summed E-state index contributed by atoms with van der Waals surface area (Å²) in [4.78, 5) is 17.5. The van der Waals surface area contributed by atoms with Crippen LogP contribution in [0.2, 0.25) is 0 Å². The number of carbonyl (C=O) groups excluding carboxylic acids is 1. The van der Waals surface area contributed by atoms with E-state index in [4.69, 9.17) is 4.74 Å². The van der Waals surface area contributed by atoms with Crippen LogP contribution in [0.1, 0.15) is 37.9 Å². The van der Waals surface area contributed by atoms with Crippen LogP contribution in [0.3, 0.4) is 0 Å². The quantitative estimate of drug-likeness (QED) is 0.408. The van der Waals surface area contributed by atoms with Crippen LogP contribution in [-0.2, 0) is 11.2 Å². The van der Waals surface area contributed by atoms with E-state index in [-0.39, 0.29) is 11.2 Å². The summed E-state index contributed by atoms with van der Waals surface area (Å²) in [5.74, 6) is 1.34. The number of nitriles is 1. The van der Waals surface area contributed by atoms with Crippen molar-refractivity contribution < 1.29 is 9.53 Å². The smallest absolute Gasteiger partial charge is 0.237 e. The molecule has 1 aromatic heterocycles. The summed E-state index contributed by atoms with van der Waals surface area (Å²) in [5, 5.41) is 12.6. The SMILES string of the molecule is CCCc1ccc(C#N)c(SC(CC)C(=O)Nc2ccc(Oc3ccccc3)cc2)n1. The van der Waals surface area contributed by atoms with Gasteiger partial charge in [0.05, 0.1) is 10.8 Å². The summed E-state index contributed by atoms with van der Waals surface area (Å²) in [7, 11) is 0. The van der Waals surface area contributed by atoms with Gasteiger partial charge in [0.2, 0.25) is 5.91 Å². The van der Waals surface area contributed by atoms with E-state index in [2.05, 4.69) is 23.3 Å². The van der Waals surface area contributed by atoms with E-state index in [9.17, 15) is 10.1 Å². The molecular weight excluding hydrogens is 406 g/mol. The Kier molecular flexibility index (Phi) is 8.08. The van der Waals surface area contributed by atoms with Crippen molar-refractivity contribution in [3.8, 4) is 17.6 Å². The molecule has 0 saturated heterocycles. The summed E-state index contributed by atoms with van der Waals surface area (Å²) in [5.41, 5.74) is 2.13. The summed E-state index contributed by atoms with van der Waals surface area (Å²) in [6.45, 7) is 4.04. The number of hydrogen-bond acceptors (Lipinski definition) is 5. The van der Waals surface area contributed by atoms with Gasteiger partial charge in [0.25, 0.3) is 0 Å². The Hall–Kier alpha value is -3.30. The van der Waals surface area contributed by atoms with E-state index in [0.717, 1.165) is 24.3 Å². The van der Waals surface area contributed by atoms with Gasteiger partial charge in [-0.3, -0.25) is 4.79 Å². The number of pyridine rings is 1. The number of aromatic nitrogens is 1. The summed E-state index contributed by atoms with van der Waals surface area (Å²) < 4.78 is 5.79. The first kappa shape index (κ1) is 22.4. The van der Waals surface area contributed by atoms with Crippen LogP contribution in [0.25, 0.3) is 0 Å². The Labute approximate surface area is 187 Å². The first-order valence-corrected chi connectivity index (χ1v) is 11.2. The van der Waals surface area contributed by atoms with Crippen molar-refractivity contribution >= 4 is 23.4 Å². The third-order valence-corrected chi connectivity index (χ3v) is 5.93. The summed E-state index contributed by atoms with van der Waals surface area (Å²) in [6, 6.07) is 22.7. The molecule has 2 aromatic carbocycles. The lowest BCUT2D eigenvalue weighted by atomic mass is 10.2. The lowest BCUT2D eigenvalue weighted by Gasteiger charge is -2.16. The zero-order chi connectivity index (χ0) is 22.1. The minimum absolute atomic E-state index is 0.115. The zero-order valence-electron chi connectivity index (χ0n) is 17.7. The molecule has 0 aliphatic rings. The Bertz CT molecular complexity index is 1050. The molecule has 0 aliphatic heterocycles. The lowest BCUT2D eigenvalue weighted by Crippen LogP contribution is -2.24. The topological polar surface area (TPSA) is 75.0 Å². The molecule has 3 rings (SSSR count). The highest BCUT2D eigenvalue weighted by molar-refractivity contribution is 8.00. The number of amides is 1. The Morgan fingerprint density at radius 1 is 1.06 bits per heavy atom. The molecule has 0 aliphatic carbocycles. The number of aryl methyl sites for hydroxylation is 1. The number of anilines is 1. The molecule has 0 fully saturated rings. The second-order valence-corrected chi connectivity index (χ2v) is 8.15. The van der Waals surface area contributed by atoms with Crippen molar-refractivity contribution in [2.75, 3.05) is 5.32 Å². The number of rotatable bonds is 9. The molecule has 0 spiro atoms. The number of para-hydroxylation sites is 1. The molecule has 3 aromatic rings. The van der Waals surface area contributed by atoms with Crippen molar-refractivity contribution in [1.29, 1.82) is 5.26 Å². The molecule has 1 heterocycles. The second kappa shape index (κ2) is 11.2. The van der Waals surface area contributed by atoms with Gasteiger partial charge in [-0.05, 0) is 61.4 Å². The van der Waals surface area contributed by atoms with E-state index in [1.54, 1.807) is 6.07 Å². The number of ether oxygens (including phenoxy) is 1. The maximum absolute atomic E-state index is 12.9. The fourth-order valence-electron chi connectivity index (χ4n) is 2.96. The number of nitrogens with one attached hydrogen (secondary N) is 1. The van der Waals surface area contributed by atoms with Crippen LogP contribution in [0.15, 0.2) is 71.8 Å². The van der Waals surface area contributed by atoms with E-state index < -0.39 is 0 Å². The second-order valence-electron chi connectivity index (χ2n) is 6.96. The average molecular weight is 432 g/mol. The van der Waals surface area contributed by atoms with Crippen molar-refractivity contribution in [2.45, 2.75) is 43.4 Å². The highest BCUT2D eigenvalue weighted by Gasteiger charge is 2.21. The highest BCUT2D eigenvalue weighted by Crippen LogP contribution is 2.29. The zero-order valence-corrected chi connectivity index (χ0v) is 18.5. The molecule has 1 atom stereocenters. The predicted octanol–water partition coefficient (Wildman–Crippen LogP) is 6.21. The standard InChI is InChI=1S/C25H25N3O2S/c1-3-8-19-12-11-18(17-26)25(28-19)31-23(4-2)24(29)27-20-13-15-22(16-14-20)30-21-9-6-5-7-10-21/h5-7,9-16,23H,3-4,8H2,1-2H3,(H,27,29). The average Bonchev–Trinajstić information content (AvgIpc) is 2.80. The fourth-order valence-corrected chi connectivity index (χ4v) is 3.97. The monoisotopic (exact) mass is 431 g/mol. The third-order valence-electron chi connectivity index (χ3n) is 4.56. The van der Waals surface area contributed by atoms with Gasteiger partial charge in [-0.15, -0.1) is 0 Å². The van der Waals surface area contributed by atoms with Crippen LogP contribution >= 0.6 is 11.8 Å². The number of benzene rings is 2. The van der Waals surface area contributed by atoms with E-state index in [1.165, 1.54) is 11.8 Å². The van der Waals surface area contributed by atoms with Crippen molar-refractivity contribution in [3.05, 3.63) is 78.0 Å². The Morgan fingerprint density at radius 2 is 1.77 bits per heavy atom. The molecule has 158 valence electrons. The minimum Gasteiger partial charge on any atom is -0.457 e. The third kappa shape index (κ3) is 6.34. The van der Waals surface area contributed by atoms with Crippen molar-refractivity contribution in [3.63, 3.8) is 0 Å². The van der Waals surface area contributed by atoms with E-state index >= 15 is 0 Å². The van der Waals surface area contributed by atoms with Gasteiger partial charge < -0.3 is 10.1 Å². The molecule has 31 heavy (non-hydrogen) atoms. The first-order valence-electron chi connectivity index (χ1n) is 10.3. The van der Waals surface area contributed by atoms with Crippen molar-refractivity contribution in [1.82, 2.24) is 4.98 Å². The van der Waals surface area contributed by atoms with Gasteiger partial charge in [0.1, 0.15) is 22.6 Å². The number of thioether (sulfide) groups is 1. The van der Waals surface area contributed by atoms with Gasteiger partial charge in [-0.2, -0.15) is 5.26 Å².